The van der Waals surface area contributed by atoms with Crippen LogP contribution in [0.4, 0.5) is 0 Å². The lowest BCUT2D eigenvalue weighted by Gasteiger charge is -2.34. The minimum atomic E-state index is -0.548. The zero-order valence-electron chi connectivity index (χ0n) is 36.3. The molecule has 67 heavy (non-hydrogen) atoms. The molecule has 2 aliphatic rings. The average Bonchev–Trinajstić information content (AvgIpc) is 3.72. The molecule has 0 saturated heterocycles. The molecule has 314 valence electrons. The second kappa shape index (κ2) is 15.7. The summed E-state index contributed by atoms with van der Waals surface area (Å²) in [6, 6.07) is 85.3. The lowest BCUT2D eigenvalue weighted by Crippen LogP contribution is -2.28. The summed E-state index contributed by atoms with van der Waals surface area (Å²) < 4.78 is 14.1. The number of hydrogen-bond acceptors (Lipinski definition) is 4. The van der Waals surface area contributed by atoms with Crippen molar-refractivity contribution in [1.29, 1.82) is 0 Å². The summed E-state index contributed by atoms with van der Waals surface area (Å²) >= 11 is 0. The summed E-state index contributed by atoms with van der Waals surface area (Å²) in [5, 5.41) is 2.31. The Kier molecular flexibility index (Phi) is 9.04. The van der Waals surface area contributed by atoms with E-state index >= 15 is 0 Å². The van der Waals surface area contributed by atoms with Crippen LogP contribution in [-0.2, 0) is 5.41 Å². The Morgan fingerprint density at radius 1 is 0.313 bits per heavy atom. The Balaban J connectivity index is 0.920. The third-order valence-electron chi connectivity index (χ3n) is 13.5. The van der Waals surface area contributed by atoms with Crippen LogP contribution in [0.25, 0.3) is 78.1 Å². The lowest BCUT2D eigenvalue weighted by atomic mass is 9.68. The van der Waals surface area contributed by atoms with Gasteiger partial charge in [-0.25, -0.2) is 9.97 Å². The molecule has 0 spiro atoms. The first-order chi connectivity index (χ1) is 33.2. The molecule has 4 nitrogen and oxygen atoms in total. The highest BCUT2D eigenvalue weighted by Gasteiger charge is 2.48. The summed E-state index contributed by atoms with van der Waals surface area (Å²) in [6.45, 7) is 0. The molecule has 0 fully saturated rings. The Morgan fingerprint density at radius 3 is 1.60 bits per heavy atom. The molecule has 13 rings (SSSR count). The van der Waals surface area contributed by atoms with Gasteiger partial charge in [0.2, 0.25) is 0 Å². The SMILES string of the molecule is c1ccc(-c2cc(-c3ccc(-c4ccccc4)c4ccccc34)nc(-c3cccc(-c4cccc5c4Oc4ccc6c(c4O5)-c4ccccc4C6(c4ccccc4)c4ccccc4)c3)n2)cc1. The molecule has 0 unspecified atom stereocenters. The van der Waals surface area contributed by atoms with Gasteiger partial charge in [-0.15, -0.1) is 0 Å². The molecule has 0 bridgehead atoms. The molecular weight excluding hydrogens is 817 g/mol. The number of aromatic nitrogens is 2. The Morgan fingerprint density at radius 2 is 0.851 bits per heavy atom. The van der Waals surface area contributed by atoms with E-state index in [0.717, 1.165) is 67.0 Å². The number of fused-ring (bicyclic) bond motifs is 7. The second-order valence-corrected chi connectivity index (χ2v) is 17.2. The number of rotatable bonds is 7. The molecule has 11 aromatic rings. The molecule has 1 aliphatic heterocycles. The molecule has 0 amide bonds. The first kappa shape index (κ1) is 38.6. The molecule has 0 atom stereocenters. The average molecular weight is 857 g/mol. The van der Waals surface area contributed by atoms with Crippen LogP contribution in [0.3, 0.4) is 0 Å². The summed E-state index contributed by atoms with van der Waals surface area (Å²) in [4.78, 5) is 10.6. The van der Waals surface area contributed by atoms with Crippen LogP contribution in [-0.4, -0.2) is 9.97 Å². The van der Waals surface area contributed by atoms with E-state index in [1.54, 1.807) is 0 Å². The number of benzene rings is 10. The zero-order valence-corrected chi connectivity index (χ0v) is 36.3. The van der Waals surface area contributed by atoms with Crippen molar-refractivity contribution >= 4 is 10.8 Å². The zero-order chi connectivity index (χ0) is 44.3. The maximum Gasteiger partial charge on any atom is 0.178 e. The summed E-state index contributed by atoms with van der Waals surface area (Å²) in [6.07, 6.45) is 0. The predicted octanol–water partition coefficient (Wildman–Crippen LogP) is 16.2. The van der Waals surface area contributed by atoms with Crippen molar-refractivity contribution in [2.45, 2.75) is 5.41 Å². The van der Waals surface area contributed by atoms with Gasteiger partial charge in [0, 0.05) is 27.8 Å². The molecule has 0 radical (unpaired) electrons. The Hall–Kier alpha value is -8.86. The van der Waals surface area contributed by atoms with Gasteiger partial charge in [0.05, 0.1) is 16.8 Å². The van der Waals surface area contributed by atoms with Crippen LogP contribution in [0.1, 0.15) is 22.3 Å². The van der Waals surface area contributed by atoms with Crippen molar-refractivity contribution in [3.63, 3.8) is 0 Å². The minimum absolute atomic E-state index is 0.548. The first-order valence-corrected chi connectivity index (χ1v) is 22.7. The Bertz CT molecular complexity index is 3640. The highest BCUT2D eigenvalue weighted by Crippen LogP contribution is 2.62. The van der Waals surface area contributed by atoms with E-state index in [2.05, 4.69) is 224 Å². The van der Waals surface area contributed by atoms with Crippen molar-refractivity contribution in [3.05, 3.63) is 265 Å². The minimum Gasteiger partial charge on any atom is -0.449 e. The maximum atomic E-state index is 7.07. The first-order valence-electron chi connectivity index (χ1n) is 22.7. The highest BCUT2D eigenvalue weighted by atomic mass is 16.6. The number of ether oxygens (including phenoxy) is 2. The van der Waals surface area contributed by atoms with E-state index in [1.165, 1.54) is 33.2 Å². The molecule has 0 saturated carbocycles. The van der Waals surface area contributed by atoms with Gasteiger partial charge in [0.15, 0.2) is 28.8 Å². The quantitative estimate of drug-likeness (QED) is 0.160. The number of para-hydroxylation sites is 1. The molecule has 1 aliphatic carbocycles. The van der Waals surface area contributed by atoms with Gasteiger partial charge in [-0.1, -0.05) is 218 Å². The third kappa shape index (κ3) is 6.22. The van der Waals surface area contributed by atoms with E-state index < -0.39 is 5.41 Å². The fraction of sp³-hybridized carbons (Fsp3) is 0.0159. The molecule has 0 N–H and O–H groups in total. The standard InChI is InChI=1S/C63H40N2O2/c1-5-19-41(20-6-1)47-35-36-51(50-30-14-13-29-49(47)50)56-40-55(42-21-7-2-8-22-42)64-62(65-56)44-24-17-23-43(39-44)48-32-18-34-57-60(48)66-58-38-37-54-59(61(58)67-57)52-31-15-16-33-53(52)63(54,45-25-9-3-10-26-45)46-27-11-4-12-28-46/h1-40H. The van der Waals surface area contributed by atoms with Crippen LogP contribution >= 0.6 is 0 Å². The molecular formula is C63H40N2O2. The van der Waals surface area contributed by atoms with Crippen molar-refractivity contribution < 1.29 is 9.47 Å². The third-order valence-corrected chi connectivity index (χ3v) is 13.5. The van der Waals surface area contributed by atoms with E-state index in [9.17, 15) is 0 Å². The topological polar surface area (TPSA) is 44.2 Å². The van der Waals surface area contributed by atoms with E-state index in [-0.39, 0.29) is 0 Å². The largest absolute Gasteiger partial charge is 0.449 e. The molecule has 4 heteroatoms. The predicted molar refractivity (Wildman–Crippen MR) is 271 cm³/mol. The Labute approximate surface area is 389 Å². The summed E-state index contributed by atoms with van der Waals surface area (Å²) in [5.74, 6) is 3.36. The molecule has 10 aromatic carbocycles. The van der Waals surface area contributed by atoms with Crippen molar-refractivity contribution in [2.24, 2.45) is 0 Å². The van der Waals surface area contributed by atoms with E-state index in [0.29, 0.717) is 23.1 Å². The van der Waals surface area contributed by atoms with Gasteiger partial charge in [0.1, 0.15) is 0 Å². The van der Waals surface area contributed by atoms with E-state index in [1.807, 2.05) is 18.2 Å². The molecule has 2 heterocycles. The smallest absolute Gasteiger partial charge is 0.178 e. The van der Waals surface area contributed by atoms with Crippen molar-refractivity contribution in [1.82, 2.24) is 9.97 Å². The normalized spacial score (nSPS) is 12.8. The van der Waals surface area contributed by atoms with E-state index in [4.69, 9.17) is 19.4 Å². The fourth-order valence-electron chi connectivity index (χ4n) is 10.5. The number of nitrogens with zero attached hydrogens (tertiary/aromatic N) is 2. The number of hydrogen-bond donors (Lipinski definition) is 0. The lowest BCUT2D eigenvalue weighted by molar-refractivity contribution is 0.361. The van der Waals surface area contributed by atoms with Gasteiger partial charge in [-0.2, -0.15) is 0 Å². The van der Waals surface area contributed by atoms with Crippen LogP contribution in [0.2, 0.25) is 0 Å². The van der Waals surface area contributed by atoms with Gasteiger partial charge in [-0.3, -0.25) is 0 Å². The van der Waals surface area contributed by atoms with Gasteiger partial charge in [0.25, 0.3) is 0 Å². The van der Waals surface area contributed by atoms with Crippen LogP contribution in [0.5, 0.6) is 23.0 Å². The van der Waals surface area contributed by atoms with Gasteiger partial charge >= 0.3 is 0 Å². The van der Waals surface area contributed by atoms with Crippen LogP contribution in [0.15, 0.2) is 243 Å². The molecule has 1 aromatic heterocycles. The van der Waals surface area contributed by atoms with Gasteiger partial charge < -0.3 is 9.47 Å². The monoisotopic (exact) mass is 856 g/mol. The van der Waals surface area contributed by atoms with Gasteiger partial charge in [-0.05, 0) is 79.5 Å². The second-order valence-electron chi connectivity index (χ2n) is 17.2. The maximum absolute atomic E-state index is 7.07. The fourth-order valence-corrected chi connectivity index (χ4v) is 10.5. The highest BCUT2D eigenvalue weighted by molar-refractivity contribution is 6.05. The van der Waals surface area contributed by atoms with Crippen molar-refractivity contribution in [2.75, 3.05) is 0 Å². The van der Waals surface area contributed by atoms with Crippen molar-refractivity contribution in [3.8, 4) is 90.3 Å². The summed E-state index contributed by atoms with van der Waals surface area (Å²) in [5.41, 5.74) is 15.3. The van der Waals surface area contributed by atoms with Crippen LogP contribution in [0, 0.1) is 0 Å². The summed E-state index contributed by atoms with van der Waals surface area (Å²) in [7, 11) is 0. The van der Waals surface area contributed by atoms with Crippen LogP contribution < -0.4 is 9.47 Å².